The van der Waals surface area contributed by atoms with Crippen molar-refractivity contribution >= 4 is 32.9 Å². The highest BCUT2D eigenvalue weighted by Gasteiger charge is 2.25. The third-order valence-corrected chi connectivity index (χ3v) is 6.08. The zero-order valence-electron chi connectivity index (χ0n) is 16.6. The highest BCUT2D eigenvalue weighted by molar-refractivity contribution is 7.90. The third-order valence-electron chi connectivity index (χ3n) is 4.98. The minimum Gasteiger partial charge on any atom is -0.368 e. The summed E-state index contributed by atoms with van der Waals surface area (Å²) in [7, 11) is -3.71. The fraction of sp³-hybridized carbons (Fsp3) is 0.300. The molecule has 0 N–H and O–H groups in total. The number of anilines is 1. The maximum atomic E-state index is 12.9. The number of nitrogens with zero attached hydrogens (tertiary/aromatic N) is 3. The standard InChI is InChI=1S/C20H21N3O6S/c1-14(24)15-3-5-17(6-4-15)21-7-9-22(10-8-21)20(25)16-11-18(23(26)27)13-19(12-16)30(2,28)29/h3-6,11-13H,7-10H2,1-2H3. The van der Waals surface area contributed by atoms with Crippen molar-refractivity contribution in [3.8, 4) is 0 Å². The Hall–Kier alpha value is -3.27. The molecule has 0 radical (unpaired) electrons. The van der Waals surface area contributed by atoms with Crippen molar-refractivity contribution in [3.63, 3.8) is 0 Å². The molecule has 0 aliphatic carbocycles. The number of carbonyl (C=O) groups excluding carboxylic acids is 2. The Labute approximate surface area is 174 Å². The molecule has 1 aliphatic rings. The van der Waals surface area contributed by atoms with Crippen LogP contribution in [0.1, 0.15) is 27.6 Å². The Kier molecular flexibility index (Phi) is 5.88. The van der Waals surface area contributed by atoms with Gasteiger partial charge in [-0.2, -0.15) is 0 Å². The summed E-state index contributed by atoms with van der Waals surface area (Å²) in [4.78, 5) is 38.1. The van der Waals surface area contributed by atoms with Crippen molar-refractivity contribution in [1.82, 2.24) is 4.90 Å². The first-order valence-electron chi connectivity index (χ1n) is 9.21. The quantitative estimate of drug-likeness (QED) is 0.404. The fourth-order valence-electron chi connectivity index (χ4n) is 3.28. The number of nitro benzene ring substituents is 1. The zero-order chi connectivity index (χ0) is 22.1. The van der Waals surface area contributed by atoms with Gasteiger partial charge >= 0.3 is 0 Å². The van der Waals surface area contributed by atoms with Crippen LogP contribution < -0.4 is 4.90 Å². The van der Waals surface area contributed by atoms with Crippen molar-refractivity contribution in [2.75, 3.05) is 37.3 Å². The minimum atomic E-state index is -3.71. The predicted octanol–water partition coefficient (Wildman–Crippen LogP) is 2.16. The third kappa shape index (κ3) is 4.65. The molecule has 9 nitrogen and oxygen atoms in total. The van der Waals surface area contributed by atoms with Crippen molar-refractivity contribution < 1.29 is 22.9 Å². The number of hydrogen-bond donors (Lipinski definition) is 0. The number of amides is 1. The molecule has 1 heterocycles. The average molecular weight is 431 g/mol. The van der Waals surface area contributed by atoms with Crippen molar-refractivity contribution in [2.24, 2.45) is 0 Å². The van der Waals surface area contributed by atoms with E-state index >= 15 is 0 Å². The van der Waals surface area contributed by atoms with Crippen LogP contribution in [0.2, 0.25) is 0 Å². The fourth-order valence-corrected chi connectivity index (χ4v) is 3.96. The Bertz CT molecular complexity index is 1100. The van der Waals surface area contributed by atoms with Gasteiger partial charge in [-0.3, -0.25) is 19.7 Å². The second-order valence-electron chi connectivity index (χ2n) is 7.13. The number of carbonyl (C=O) groups is 2. The van der Waals surface area contributed by atoms with Crippen LogP contribution in [-0.4, -0.2) is 62.4 Å². The maximum Gasteiger partial charge on any atom is 0.271 e. The van der Waals surface area contributed by atoms with Crippen LogP contribution in [-0.2, 0) is 9.84 Å². The zero-order valence-corrected chi connectivity index (χ0v) is 17.4. The van der Waals surface area contributed by atoms with E-state index in [4.69, 9.17) is 0 Å². The summed E-state index contributed by atoms with van der Waals surface area (Å²) in [6.45, 7) is 3.34. The molecule has 158 valence electrons. The topological polar surface area (TPSA) is 118 Å². The lowest BCUT2D eigenvalue weighted by Gasteiger charge is -2.36. The van der Waals surface area contributed by atoms with E-state index in [0.717, 1.165) is 24.1 Å². The SMILES string of the molecule is CC(=O)c1ccc(N2CCN(C(=O)c3cc([N+](=O)[O-])cc(S(C)(=O)=O)c3)CC2)cc1. The van der Waals surface area contributed by atoms with Gasteiger partial charge in [0.2, 0.25) is 0 Å². The number of Topliss-reactive ketones (excluding diaryl/α,β-unsaturated/α-hetero) is 1. The van der Waals surface area contributed by atoms with Gasteiger partial charge in [-0.25, -0.2) is 8.42 Å². The number of piperazine rings is 1. The number of hydrogen-bond acceptors (Lipinski definition) is 7. The van der Waals surface area contributed by atoms with Gasteiger partial charge in [-0.15, -0.1) is 0 Å². The van der Waals surface area contributed by atoms with Gasteiger partial charge in [0.15, 0.2) is 15.6 Å². The molecule has 0 unspecified atom stereocenters. The lowest BCUT2D eigenvalue weighted by molar-refractivity contribution is -0.385. The largest absolute Gasteiger partial charge is 0.368 e. The molecular formula is C20H21N3O6S. The molecule has 0 atom stereocenters. The van der Waals surface area contributed by atoms with Crippen LogP contribution >= 0.6 is 0 Å². The molecule has 0 bridgehead atoms. The molecule has 0 spiro atoms. The molecule has 1 amide bonds. The summed E-state index contributed by atoms with van der Waals surface area (Å²) in [6.07, 6.45) is 0.941. The van der Waals surface area contributed by atoms with E-state index in [2.05, 4.69) is 4.90 Å². The van der Waals surface area contributed by atoms with E-state index in [1.807, 2.05) is 12.1 Å². The van der Waals surface area contributed by atoms with Crippen LogP contribution in [0, 0.1) is 10.1 Å². The number of ketones is 1. The summed E-state index contributed by atoms with van der Waals surface area (Å²) in [5.74, 6) is -0.461. The van der Waals surface area contributed by atoms with Crippen molar-refractivity contribution in [2.45, 2.75) is 11.8 Å². The van der Waals surface area contributed by atoms with Crippen LogP contribution in [0.3, 0.4) is 0 Å². The van der Waals surface area contributed by atoms with Gasteiger partial charge in [0.05, 0.1) is 9.82 Å². The van der Waals surface area contributed by atoms with Crippen LogP contribution in [0.15, 0.2) is 47.4 Å². The summed E-state index contributed by atoms with van der Waals surface area (Å²) < 4.78 is 23.7. The van der Waals surface area contributed by atoms with Gasteiger partial charge in [0.25, 0.3) is 11.6 Å². The molecule has 1 saturated heterocycles. The maximum absolute atomic E-state index is 12.9. The van der Waals surface area contributed by atoms with Crippen molar-refractivity contribution in [1.29, 1.82) is 0 Å². The van der Waals surface area contributed by atoms with Gasteiger partial charge in [0, 0.05) is 61.4 Å². The molecule has 1 fully saturated rings. The molecule has 1 aliphatic heterocycles. The lowest BCUT2D eigenvalue weighted by atomic mass is 10.1. The van der Waals surface area contributed by atoms with Crippen LogP contribution in [0.5, 0.6) is 0 Å². The smallest absolute Gasteiger partial charge is 0.271 e. The molecule has 2 aromatic rings. The molecule has 30 heavy (non-hydrogen) atoms. The average Bonchev–Trinajstić information content (AvgIpc) is 2.72. The molecular weight excluding hydrogens is 410 g/mol. The number of sulfone groups is 1. The van der Waals surface area contributed by atoms with E-state index in [1.54, 1.807) is 17.0 Å². The monoisotopic (exact) mass is 431 g/mol. The summed E-state index contributed by atoms with van der Waals surface area (Å²) in [5, 5.41) is 11.2. The Morgan fingerprint density at radius 2 is 1.57 bits per heavy atom. The number of benzene rings is 2. The van der Waals surface area contributed by atoms with Gasteiger partial charge in [0.1, 0.15) is 0 Å². The first-order valence-corrected chi connectivity index (χ1v) is 11.1. The molecule has 2 aromatic carbocycles. The first kappa shape index (κ1) is 21.4. The number of non-ortho nitro benzene ring substituents is 1. The van der Waals surface area contributed by atoms with E-state index < -0.39 is 26.4 Å². The molecule has 0 saturated carbocycles. The predicted molar refractivity (Wildman–Crippen MR) is 111 cm³/mol. The Morgan fingerprint density at radius 1 is 0.967 bits per heavy atom. The van der Waals surface area contributed by atoms with Gasteiger partial charge < -0.3 is 9.80 Å². The van der Waals surface area contributed by atoms with E-state index in [1.165, 1.54) is 13.0 Å². The van der Waals surface area contributed by atoms with E-state index in [9.17, 15) is 28.1 Å². The highest BCUT2D eigenvalue weighted by atomic mass is 32.2. The van der Waals surface area contributed by atoms with Crippen LogP contribution in [0.4, 0.5) is 11.4 Å². The summed E-state index contributed by atoms with van der Waals surface area (Å²) in [6, 6.07) is 10.5. The summed E-state index contributed by atoms with van der Waals surface area (Å²) >= 11 is 0. The Balaban J connectivity index is 1.76. The second kappa shape index (κ2) is 8.23. The minimum absolute atomic E-state index is 0.0117. The van der Waals surface area contributed by atoms with Gasteiger partial charge in [-0.05, 0) is 37.3 Å². The molecule has 0 aromatic heterocycles. The highest BCUT2D eigenvalue weighted by Crippen LogP contribution is 2.23. The normalized spacial score (nSPS) is 14.5. The Morgan fingerprint density at radius 3 is 2.07 bits per heavy atom. The molecule has 3 rings (SSSR count). The number of rotatable bonds is 5. The van der Waals surface area contributed by atoms with Crippen LogP contribution in [0.25, 0.3) is 0 Å². The number of nitro groups is 1. The van der Waals surface area contributed by atoms with Crippen molar-refractivity contribution in [3.05, 3.63) is 63.7 Å². The summed E-state index contributed by atoms with van der Waals surface area (Å²) in [5.41, 5.74) is 1.09. The lowest BCUT2D eigenvalue weighted by Crippen LogP contribution is -2.48. The van der Waals surface area contributed by atoms with E-state index in [-0.39, 0.29) is 16.2 Å². The second-order valence-corrected chi connectivity index (χ2v) is 9.14. The van der Waals surface area contributed by atoms with Gasteiger partial charge in [-0.1, -0.05) is 0 Å². The first-order chi connectivity index (χ1) is 14.1. The van der Waals surface area contributed by atoms with E-state index in [0.29, 0.717) is 31.7 Å². The molecule has 10 heteroatoms.